The van der Waals surface area contributed by atoms with Crippen molar-refractivity contribution in [1.82, 2.24) is 5.32 Å². The predicted octanol–water partition coefficient (Wildman–Crippen LogP) is 2.37. The number of methoxy groups -OCH3 is 1. The van der Waals surface area contributed by atoms with E-state index >= 15 is 0 Å². The summed E-state index contributed by atoms with van der Waals surface area (Å²) in [6.45, 7) is 0.339. The molecule has 1 aliphatic rings. The number of nitrogens with zero attached hydrogens (tertiary/aromatic N) is 1. The fourth-order valence-corrected chi connectivity index (χ4v) is 2.74. The number of halogens is 1. The molecular weight excluding hydrogens is 311 g/mol. The maximum atomic E-state index is 13.7. The Hall–Kier alpha value is -2.89. The number of carbonyl (C=O) groups excluding carboxylic acids is 2. The molecule has 1 aliphatic heterocycles. The number of anilines is 1. The van der Waals surface area contributed by atoms with Crippen LogP contribution >= 0.6 is 0 Å². The number of hydrogen-bond acceptors (Lipinski definition) is 3. The van der Waals surface area contributed by atoms with E-state index in [2.05, 4.69) is 5.32 Å². The minimum atomic E-state index is -0.580. The number of carbonyl (C=O) groups is 2. The molecule has 5 nitrogen and oxygen atoms in total. The van der Waals surface area contributed by atoms with E-state index in [1.54, 1.807) is 36.3 Å². The molecule has 0 bridgehead atoms. The van der Waals surface area contributed by atoms with Crippen LogP contribution in [-0.4, -0.2) is 31.5 Å². The third kappa shape index (κ3) is 3.22. The summed E-state index contributed by atoms with van der Waals surface area (Å²) in [4.78, 5) is 26.0. The Kier molecular flexibility index (Phi) is 4.46. The molecule has 1 atom stereocenters. The first kappa shape index (κ1) is 16.0. The van der Waals surface area contributed by atoms with Gasteiger partial charge in [0.15, 0.2) is 0 Å². The second-order valence-corrected chi connectivity index (χ2v) is 5.56. The van der Waals surface area contributed by atoms with Gasteiger partial charge in [0.25, 0.3) is 5.91 Å². The summed E-state index contributed by atoms with van der Waals surface area (Å²) in [5.41, 5.74) is 0.687. The first-order valence-electron chi connectivity index (χ1n) is 7.58. The molecule has 1 fully saturated rings. The minimum absolute atomic E-state index is 0.0234. The summed E-state index contributed by atoms with van der Waals surface area (Å²) in [6.07, 6.45) is 0.178. The average Bonchev–Trinajstić information content (AvgIpc) is 2.95. The maximum absolute atomic E-state index is 13.7. The molecule has 0 aliphatic carbocycles. The molecular formula is C18H17FN2O3. The van der Waals surface area contributed by atoms with E-state index in [4.69, 9.17) is 4.74 Å². The molecule has 2 amide bonds. The molecule has 2 aromatic carbocycles. The van der Waals surface area contributed by atoms with Crippen molar-refractivity contribution in [2.45, 2.75) is 12.5 Å². The Morgan fingerprint density at radius 1 is 1.25 bits per heavy atom. The SMILES string of the molecule is COc1cccc(N2C[C@@H](NC(=O)c3ccccc3F)CC2=O)c1. The summed E-state index contributed by atoms with van der Waals surface area (Å²) in [5, 5.41) is 2.72. The molecule has 0 unspecified atom stereocenters. The zero-order valence-corrected chi connectivity index (χ0v) is 13.2. The number of benzene rings is 2. The fourth-order valence-electron chi connectivity index (χ4n) is 2.74. The first-order valence-corrected chi connectivity index (χ1v) is 7.58. The van der Waals surface area contributed by atoms with Crippen LogP contribution in [0.4, 0.5) is 10.1 Å². The average molecular weight is 328 g/mol. The van der Waals surface area contributed by atoms with Gasteiger partial charge >= 0.3 is 0 Å². The molecule has 0 radical (unpaired) electrons. The normalized spacial score (nSPS) is 17.0. The van der Waals surface area contributed by atoms with Crippen LogP contribution in [0.1, 0.15) is 16.8 Å². The molecule has 1 heterocycles. The van der Waals surface area contributed by atoms with Gasteiger partial charge in [-0.15, -0.1) is 0 Å². The van der Waals surface area contributed by atoms with Gasteiger partial charge in [-0.25, -0.2) is 4.39 Å². The summed E-state index contributed by atoms with van der Waals surface area (Å²) in [7, 11) is 1.56. The van der Waals surface area contributed by atoms with Crippen LogP contribution in [0.5, 0.6) is 5.75 Å². The molecule has 1 N–H and O–H groups in total. The lowest BCUT2D eigenvalue weighted by Crippen LogP contribution is -2.37. The number of ether oxygens (including phenoxy) is 1. The van der Waals surface area contributed by atoms with E-state index in [9.17, 15) is 14.0 Å². The van der Waals surface area contributed by atoms with E-state index in [0.717, 1.165) is 0 Å². The minimum Gasteiger partial charge on any atom is -0.497 e. The van der Waals surface area contributed by atoms with E-state index in [0.29, 0.717) is 18.0 Å². The van der Waals surface area contributed by atoms with Gasteiger partial charge < -0.3 is 15.0 Å². The summed E-state index contributed by atoms with van der Waals surface area (Å²) >= 11 is 0. The molecule has 2 aromatic rings. The van der Waals surface area contributed by atoms with Crippen LogP contribution < -0.4 is 15.0 Å². The largest absolute Gasteiger partial charge is 0.497 e. The van der Waals surface area contributed by atoms with Gasteiger partial charge in [-0.1, -0.05) is 18.2 Å². The summed E-state index contributed by atoms with van der Waals surface area (Å²) < 4.78 is 18.8. The van der Waals surface area contributed by atoms with Crippen LogP contribution in [0, 0.1) is 5.82 Å². The summed E-state index contributed by atoms with van der Waals surface area (Å²) in [6, 6.07) is 12.6. The monoisotopic (exact) mass is 328 g/mol. The van der Waals surface area contributed by atoms with Crippen molar-refractivity contribution >= 4 is 17.5 Å². The number of rotatable bonds is 4. The number of hydrogen-bond donors (Lipinski definition) is 1. The fraction of sp³-hybridized carbons (Fsp3) is 0.222. The number of amides is 2. The van der Waals surface area contributed by atoms with Crippen LogP contribution in [-0.2, 0) is 4.79 Å². The van der Waals surface area contributed by atoms with Gasteiger partial charge in [-0.3, -0.25) is 9.59 Å². The van der Waals surface area contributed by atoms with Gasteiger partial charge in [-0.2, -0.15) is 0 Å². The van der Waals surface area contributed by atoms with Crippen LogP contribution in [0.25, 0.3) is 0 Å². The van der Waals surface area contributed by atoms with Gasteiger partial charge in [0.05, 0.1) is 18.7 Å². The van der Waals surface area contributed by atoms with Crippen molar-refractivity contribution in [2.24, 2.45) is 0 Å². The second-order valence-electron chi connectivity index (χ2n) is 5.56. The molecule has 124 valence electrons. The van der Waals surface area contributed by atoms with Crippen molar-refractivity contribution in [3.8, 4) is 5.75 Å². The van der Waals surface area contributed by atoms with E-state index < -0.39 is 11.7 Å². The maximum Gasteiger partial charge on any atom is 0.254 e. The smallest absolute Gasteiger partial charge is 0.254 e. The van der Waals surface area contributed by atoms with Gasteiger partial charge in [-0.05, 0) is 24.3 Å². The Bertz CT molecular complexity index is 778. The van der Waals surface area contributed by atoms with Crippen molar-refractivity contribution < 1.29 is 18.7 Å². The van der Waals surface area contributed by atoms with Crippen molar-refractivity contribution in [3.63, 3.8) is 0 Å². The molecule has 0 spiro atoms. The van der Waals surface area contributed by atoms with E-state index in [-0.39, 0.29) is 23.9 Å². The second kappa shape index (κ2) is 6.70. The van der Waals surface area contributed by atoms with Crippen molar-refractivity contribution in [2.75, 3.05) is 18.6 Å². The molecule has 24 heavy (non-hydrogen) atoms. The number of nitrogens with one attached hydrogen (secondary N) is 1. The third-order valence-electron chi connectivity index (χ3n) is 3.94. The highest BCUT2D eigenvalue weighted by atomic mass is 19.1. The molecule has 0 aromatic heterocycles. The van der Waals surface area contributed by atoms with Crippen LogP contribution in [0.15, 0.2) is 48.5 Å². The lowest BCUT2D eigenvalue weighted by molar-refractivity contribution is -0.117. The quantitative estimate of drug-likeness (QED) is 0.937. The topological polar surface area (TPSA) is 58.6 Å². The molecule has 6 heteroatoms. The standard InChI is InChI=1S/C18H17FN2O3/c1-24-14-6-4-5-13(10-14)21-11-12(9-17(21)22)20-18(23)15-7-2-3-8-16(15)19/h2-8,10,12H,9,11H2,1H3,(H,20,23)/t12-/m0/s1. The third-order valence-corrected chi connectivity index (χ3v) is 3.94. The van der Waals surface area contributed by atoms with Gasteiger partial charge in [0.1, 0.15) is 11.6 Å². The van der Waals surface area contributed by atoms with E-state index in [1.807, 2.05) is 6.07 Å². The molecule has 1 saturated heterocycles. The summed E-state index contributed by atoms with van der Waals surface area (Å²) in [5.74, 6) is -0.538. The van der Waals surface area contributed by atoms with Crippen LogP contribution in [0.2, 0.25) is 0 Å². The zero-order chi connectivity index (χ0) is 17.1. The Morgan fingerprint density at radius 3 is 2.79 bits per heavy atom. The van der Waals surface area contributed by atoms with Gasteiger partial charge in [0.2, 0.25) is 5.91 Å². The zero-order valence-electron chi connectivity index (χ0n) is 13.2. The Morgan fingerprint density at radius 2 is 2.04 bits per heavy atom. The highest BCUT2D eigenvalue weighted by Crippen LogP contribution is 2.25. The van der Waals surface area contributed by atoms with Crippen molar-refractivity contribution in [3.05, 3.63) is 59.9 Å². The lowest BCUT2D eigenvalue weighted by Gasteiger charge is -2.18. The predicted molar refractivity (Wildman–Crippen MR) is 87.6 cm³/mol. The highest BCUT2D eigenvalue weighted by molar-refractivity contribution is 5.99. The molecule has 3 rings (SSSR count). The highest BCUT2D eigenvalue weighted by Gasteiger charge is 2.32. The van der Waals surface area contributed by atoms with Gasteiger partial charge in [0, 0.05) is 24.7 Å². The van der Waals surface area contributed by atoms with E-state index in [1.165, 1.54) is 18.2 Å². The first-order chi connectivity index (χ1) is 11.6. The molecule has 0 saturated carbocycles. The van der Waals surface area contributed by atoms with Crippen LogP contribution in [0.3, 0.4) is 0 Å². The van der Waals surface area contributed by atoms with Crippen molar-refractivity contribution in [1.29, 1.82) is 0 Å². The Balaban J connectivity index is 1.71. The lowest BCUT2D eigenvalue weighted by atomic mass is 10.1. The Labute approximate surface area is 139 Å².